The van der Waals surface area contributed by atoms with Crippen molar-refractivity contribution < 1.29 is 4.79 Å². The normalized spacial score (nSPS) is 20.1. The summed E-state index contributed by atoms with van der Waals surface area (Å²) in [6, 6.07) is 0. The lowest BCUT2D eigenvalue weighted by Gasteiger charge is -1.79. The molecule has 0 saturated heterocycles. The molecule has 38 valence electrons. The van der Waals surface area contributed by atoms with E-state index in [2.05, 4.69) is 0 Å². The first-order chi connectivity index (χ1) is 3.29. The molecule has 0 bridgehead atoms. The van der Waals surface area contributed by atoms with Gasteiger partial charge in [-0.3, -0.25) is 4.79 Å². The summed E-state index contributed by atoms with van der Waals surface area (Å²) < 4.78 is 0. The lowest BCUT2D eigenvalue weighted by molar-refractivity contribution is -0.110. The molecule has 1 aliphatic heterocycles. The van der Waals surface area contributed by atoms with Crippen LogP contribution in [0, 0.1) is 0 Å². The van der Waals surface area contributed by atoms with Crippen LogP contribution in [-0.2, 0) is 4.79 Å². The Morgan fingerprint density at radius 2 is 2.57 bits per heavy atom. The zero-order valence-electron chi connectivity index (χ0n) is 4.10. The summed E-state index contributed by atoms with van der Waals surface area (Å²) in [4.78, 5) is 11.5. The Kier molecular flexibility index (Phi) is 1.19. The van der Waals surface area contributed by atoms with Gasteiger partial charge >= 0.3 is 0 Å². The van der Waals surface area contributed by atoms with Crippen molar-refractivity contribution in [2.45, 2.75) is 13.3 Å². The minimum atomic E-state index is 0.275. The molecule has 0 unspecified atom stereocenters. The van der Waals surface area contributed by atoms with Crippen molar-refractivity contribution in [3.63, 3.8) is 0 Å². The van der Waals surface area contributed by atoms with Gasteiger partial charge in [-0.05, 0) is 11.8 Å². The van der Waals surface area contributed by atoms with E-state index in [4.69, 9.17) is 0 Å². The molecular formula is C5H6OS. The number of hydrogen-bond acceptors (Lipinski definition) is 2. The maximum atomic E-state index is 10.4. The zero-order valence-corrected chi connectivity index (χ0v) is 4.92. The van der Waals surface area contributed by atoms with E-state index in [-0.39, 0.29) is 5.12 Å². The first-order valence-electron chi connectivity index (χ1n) is 2.16. The molecule has 0 aromatic rings. The molecule has 0 fully saturated rings. The number of carbonyl (C=O) groups is 1. The SMILES string of the molecule is CC1=CCC(=O)S1. The highest BCUT2D eigenvalue weighted by Gasteiger charge is 2.07. The molecule has 1 nitrogen and oxygen atoms in total. The van der Waals surface area contributed by atoms with Gasteiger partial charge in [-0.1, -0.05) is 17.8 Å². The highest BCUT2D eigenvalue weighted by molar-refractivity contribution is 8.17. The summed E-state index contributed by atoms with van der Waals surface area (Å²) in [5.41, 5.74) is 0. The van der Waals surface area contributed by atoms with Gasteiger partial charge in [0.1, 0.15) is 0 Å². The van der Waals surface area contributed by atoms with E-state index in [1.165, 1.54) is 11.8 Å². The van der Waals surface area contributed by atoms with Crippen LogP contribution in [0.4, 0.5) is 0 Å². The fraction of sp³-hybridized carbons (Fsp3) is 0.400. The number of thioether (sulfide) groups is 1. The van der Waals surface area contributed by atoms with E-state index in [1.807, 2.05) is 13.0 Å². The second kappa shape index (κ2) is 1.70. The Morgan fingerprint density at radius 3 is 2.71 bits per heavy atom. The van der Waals surface area contributed by atoms with E-state index < -0.39 is 0 Å². The molecule has 1 heterocycles. The molecule has 0 aliphatic carbocycles. The molecule has 2 heteroatoms. The molecule has 1 rings (SSSR count). The third-order valence-corrected chi connectivity index (χ3v) is 1.71. The molecule has 0 aromatic heterocycles. The van der Waals surface area contributed by atoms with Gasteiger partial charge in [0.05, 0.1) is 0 Å². The van der Waals surface area contributed by atoms with Crippen molar-refractivity contribution in [1.82, 2.24) is 0 Å². The zero-order chi connectivity index (χ0) is 5.28. The van der Waals surface area contributed by atoms with Crippen molar-refractivity contribution in [1.29, 1.82) is 0 Å². The second-order valence-electron chi connectivity index (χ2n) is 1.49. The van der Waals surface area contributed by atoms with Crippen molar-refractivity contribution in [3.8, 4) is 0 Å². The fourth-order valence-electron chi connectivity index (χ4n) is 0.490. The van der Waals surface area contributed by atoms with E-state index in [0.717, 1.165) is 4.91 Å². The second-order valence-corrected chi connectivity index (χ2v) is 2.80. The summed E-state index contributed by atoms with van der Waals surface area (Å²) in [5.74, 6) is 0. The van der Waals surface area contributed by atoms with Crippen LogP contribution < -0.4 is 0 Å². The molecular weight excluding hydrogens is 108 g/mol. The molecule has 0 radical (unpaired) electrons. The number of hydrogen-bond donors (Lipinski definition) is 0. The summed E-state index contributed by atoms with van der Waals surface area (Å²) >= 11 is 1.34. The summed E-state index contributed by atoms with van der Waals surface area (Å²) in [7, 11) is 0. The third kappa shape index (κ3) is 1.06. The van der Waals surface area contributed by atoms with E-state index in [0.29, 0.717) is 6.42 Å². The van der Waals surface area contributed by atoms with Crippen molar-refractivity contribution in [3.05, 3.63) is 11.0 Å². The average Bonchev–Trinajstić information content (AvgIpc) is 1.87. The lowest BCUT2D eigenvalue weighted by atomic mass is 10.4. The van der Waals surface area contributed by atoms with E-state index in [1.54, 1.807) is 0 Å². The quantitative estimate of drug-likeness (QED) is 0.475. The molecule has 0 N–H and O–H groups in total. The van der Waals surface area contributed by atoms with E-state index >= 15 is 0 Å². The van der Waals surface area contributed by atoms with Crippen LogP contribution >= 0.6 is 11.8 Å². The van der Waals surface area contributed by atoms with Gasteiger partial charge in [-0.15, -0.1) is 0 Å². The summed E-state index contributed by atoms with van der Waals surface area (Å²) in [5, 5.41) is 0.275. The topological polar surface area (TPSA) is 17.1 Å². The van der Waals surface area contributed by atoms with Crippen LogP contribution in [-0.4, -0.2) is 5.12 Å². The van der Waals surface area contributed by atoms with Crippen LogP contribution in [0.2, 0.25) is 0 Å². The molecule has 1 aliphatic rings. The highest BCUT2D eigenvalue weighted by Crippen LogP contribution is 2.24. The number of allylic oxidation sites excluding steroid dienone is 2. The summed E-state index contributed by atoms with van der Waals surface area (Å²) in [6.07, 6.45) is 2.59. The summed E-state index contributed by atoms with van der Waals surface area (Å²) in [6.45, 7) is 1.95. The average molecular weight is 114 g/mol. The van der Waals surface area contributed by atoms with Gasteiger partial charge < -0.3 is 0 Å². The molecule has 0 spiro atoms. The predicted octanol–water partition coefficient (Wildman–Crippen LogP) is 1.55. The van der Waals surface area contributed by atoms with Crippen molar-refractivity contribution in [2.75, 3.05) is 0 Å². The van der Waals surface area contributed by atoms with Gasteiger partial charge in [0.25, 0.3) is 0 Å². The largest absolute Gasteiger partial charge is 0.287 e. The monoisotopic (exact) mass is 114 g/mol. The first kappa shape index (κ1) is 4.91. The lowest BCUT2D eigenvalue weighted by Crippen LogP contribution is -1.76. The van der Waals surface area contributed by atoms with Gasteiger partial charge in [0, 0.05) is 6.42 Å². The van der Waals surface area contributed by atoms with Crippen LogP contribution in [0.5, 0.6) is 0 Å². The van der Waals surface area contributed by atoms with Gasteiger partial charge in [0.2, 0.25) is 0 Å². The number of carbonyl (C=O) groups excluding carboxylic acids is 1. The van der Waals surface area contributed by atoms with Gasteiger partial charge in [0.15, 0.2) is 5.12 Å². The minimum Gasteiger partial charge on any atom is -0.287 e. The Morgan fingerprint density at radius 1 is 1.86 bits per heavy atom. The predicted molar refractivity (Wildman–Crippen MR) is 31.0 cm³/mol. The van der Waals surface area contributed by atoms with Crippen LogP contribution in [0.25, 0.3) is 0 Å². The molecule has 7 heavy (non-hydrogen) atoms. The first-order valence-corrected chi connectivity index (χ1v) is 2.98. The van der Waals surface area contributed by atoms with E-state index in [9.17, 15) is 4.79 Å². The van der Waals surface area contributed by atoms with Gasteiger partial charge in [-0.2, -0.15) is 0 Å². The maximum Gasteiger partial charge on any atom is 0.197 e. The van der Waals surface area contributed by atoms with Crippen LogP contribution in [0.15, 0.2) is 11.0 Å². The maximum absolute atomic E-state index is 10.4. The molecule has 0 aromatic carbocycles. The standard InChI is InChI=1S/C5H6OS/c1-4-2-3-5(6)7-4/h2H,3H2,1H3. The highest BCUT2D eigenvalue weighted by atomic mass is 32.2. The van der Waals surface area contributed by atoms with Crippen LogP contribution in [0.1, 0.15) is 13.3 Å². The number of rotatable bonds is 0. The molecule has 0 saturated carbocycles. The van der Waals surface area contributed by atoms with Crippen LogP contribution in [0.3, 0.4) is 0 Å². The smallest absolute Gasteiger partial charge is 0.197 e. The Hall–Kier alpha value is -0.240. The molecule has 0 atom stereocenters. The van der Waals surface area contributed by atoms with Crippen molar-refractivity contribution in [2.24, 2.45) is 0 Å². The Bertz CT molecular complexity index is 126. The third-order valence-electron chi connectivity index (χ3n) is 0.831. The Labute approximate surface area is 46.8 Å². The minimum absolute atomic E-state index is 0.275. The van der Waals surface area contributed by atoms with Gasteiger partial charge in [-0.25, -0.2) is 0 Å². The Balaban J connectivity index is 2.58. The fourth-order valence-corrected chi connectivity index (χ4v) is 1.18. The molecule has 0 amide bonds. The van der Waals surface area contributed by atoms with Crippen molar-refractivity contribution >= 4 is 16.9 Å².